The predicted molar refractivity (Wildman–Crippen MR) is 105 cm³/mol. The molecule has 2 atom stereocenters. The van der Waals surface area contributed by atoms with Crippen LogP contribution in [0.3, 0.4) is 0 Å². The summed E-state index contributed by atoms with van der Waals surface area (Å²) in [6.45, 7) is 2.66. The zero-order chi connectivity index (χ0) is 20.1. The minimum atomic E-state index is -3.69. The molecule has 0 aliphatic carbocycles. The maximum absolute atomic E-state index is 12.9. The van der Waals surface area contributed by atoms with Gasteiger partial charge in [0.05, 0.1) is 31.3 Å². The van der Waals surface area contributed by atoms with Gasteiger partial charge in [0.15, 0.2) is 0 Å². The van der Waals surface area contributed by atoms with Gasteiger partial charge in [-0.15, -0.1) is 0 Å². The van der Waals surface area contributed by atoms with Gasteiger partial charge in [-0.3, -0.25) is 0 Å². The van der Waals surface area contributed by atoms with Crippen LogP contribution in [0.2, 0.25) is 0 Å². The van der Waals surface area contributed by atoms with Crippen molar-refractivity contribution in [3.05, 3.63) is 59.7 Å². The number of methoxy groups -OCH3 is 1. The number of aliphatic hydroxyl groups excluding tert-OH is 1. The molecule has 0 radical (unpaired) electrons. The van der Waals surface area contributed by atoms with E-state index in [0.29, 0.717) is 17.9 Å². The van der Waals surface area contributed by atoms with E-state index in [2.05, 4.69) is 11.8 Å². The van der Waals surface area contributed by atoms with Crippen LogP contribution in [0, 0.1) is 18.8 Å². The van der Waals surface area contributed by atoms with Gasteiger partial charge < -0.3 is 14.6 Å². The van der Waals surface area contributed by atoms with E-state index in [1.807, 2.05) is 6.92 Å². The van der Waals surface area contributed by atoms with E-state index < -0.39 is 16.1 Å². The van der Waals surface area contributed by atoms with E-state index in [1.165, 1.54) is 4.31 Å². The fourth-order valence-electron chi connectivity index (χ4n) is 2.61. The third-order valence-corrected chi connectivity index (χ3v) is 6.22. The van der Waals surface area contributed by atoms with E-state index in [0.717, 1.165) is 5.56 Å². The van der Waals surface area contributed by atoms with Crippen LogP contribution in [0.4, 0.5) is 0 Å². The summed E-state index contributed by atoms with van der Waals surface area (Å²) in [6, 6.07) is 13.6. The highest BCUT2D eigenvalue weighted by Gasteiger charge is 2.32. The lowest BCUT2D eigenvalue weighted by Crippen LogP contribution is -2.34. The number of hydrogen-bond donors (Lipinski definition) is 1. The molecule has 6 nitrogen and oxygen atoms in total. The Hall–Kier alpha value is -2.37. The Bertz CT molecular complexity index is 955. The summed E-state index contributed by atoms with van der Waals surface area (Å²) >= 11 is 0. The van der Waals surface area contributed by atoms with Crippen molar-refractivity contribution < 1.29 is 23.0 Å². The number of epoxide rings is 1. The standard InChI is InChI=1S/C21H23NO5S/c1-16-5-11-20(12-6-16)28(24,25)22(14-19-15-27-19)13-3-4-21(23)17-7-9-18(26-2)10-8-17/h5-12,19,21,23H,13-15H2,1-2H3. The summed E-state index contributed by atoms with van der Waals surface area (Å²) in [7, 11) is -2.12. The average molecular weight is 401 g/mol. The summed E-state index contributed by atoms with van der Waals surface area (Å²) in [5, 5.41) is 10.2. The Labute approximate surface area is 165 Å². The summed E-state index contributed by atoms with van der Waals surface area (Å²) in [4.78, 5) is 0.219. The van der Waals surface area contributed by atoms with E-state index in [4.69, 9.17) is 9.47 Å². The molecule has 0 spiro atoms. The van der Waals surface area contributed by atoms with Gasteiger partial charge in [-0.05, 0) is 36.8 Å². The van der Waals surface area contributed by atoms with E-state index in [-0.39, 0.29) is 24.1 Å². The topological polar surface area (TPSA) is 79.4 Å². The Morgan fingerprint density at radius 3 is 2.43 bits per heavy atom. The van der Waals surface area contributed by atoms with Crippen LogP contribution < -0.4 is 4.74 Å². The van der Waals surface area contributed by atoms with Crippen LogP contribution in [0.5, 0.6) is 5.75 Å². The fourth-order valence-corrected chi connectivity index (χ4v) is 3.98. The lowest BCUT2D eigenvalue weighted by Gasteiger charge is -2.19. The van der Waals surface area contributed by atoms with Crippen molar-refractivity contribution in [2.24, 2.45) is 0 Å². The monoisotopic (exact) mass is 401 g/mol. The molecule has 3 rings (SSSR count). The molecule has 1 heterocycles. The first-order valence-electron chi connectivity index (χ1n) is 8.89. The highest BCUT2D eigenvalue weighted by atomic mass is 32.2. The molecule has 7 heteroatoms. The molecule has 148 valence electrons. The zero-order valence-electron chi connectivity index (χ0n) is 15.8. The van der Waals surface area contributed by atoms with Crippen molar-refractivity contribution in [2.75, 3.05) is 26.8 Å². The molecule has 0 aromatic heterocycles. The smallest absolute Gasteiger partial charge is 0.244 e. The van der Waals surface area contributed by atoms with Crippen molar-refractivity contribution in [1.29, 1.82) is 0 Å². The molecule has 1 N–H and O–H groups in total. The van der Waals surface area contributed by atoms with E-state index in [9.17, 15) is 13.5 Å². The van der Waals surface area contributed by atoms with Crippen LogP contribution in [0.25, 0.3) is 0 Å². The van der Waals surface area contributed by atoms with Crippen LogP contribution >= 0.6 is 0 Å². The first-order valence-corrected chi connectivity index (χ1v) is 10.3. The SMILES string of the molecule is COc1ccc(C(O)C#CCN(CC2CO2)S(=O)(=O)c2ccc(C)cc2)cc1. The summed E-state index contributed by atoms with van der Waals surface area (Å²) in [5.41, 5.74) is 1.60. The molecule has 0 amide bonds. The number of nitrogens with zero attached hydrogens (tertiary/aromatic N) is 1. The van der Waals surface area contributed by atoms with Gasteiger partial charge in [-0.25, -0.2) is 8.42 Å². The minimum Gasteiger partial charge on any atom is -0.497 e. The van der Waals surface area contributed by atoms with Gasteiger partial charge in [-0.1, -0.05) is 41.7 Å². The summed E-state index contributed by atoms with van der Waals surface area (Å²) in [5.74, 6) is 6.19. The number of aryl methyl sites for hydroxylation is 1. The molecule has 1 saturated heterocycles. The van der Waals surface area contributed by atoms with Crippen LogP contribution in [-0.2, 0) is 14.8 Å². The highest BCUT2D eigenvalue weighted by Crippen LogP contribution is 2.20. The second-order valence-corrected chi connectivity index (χ2v) is 8.50. The number of rotatable bonds is 7. The van der Waals surface area contributed by atoms with Gasteiger partial charge in [0.25, 0.3) is 0 Å². The first-order chi connectivity index (χ1) is 13.4. The zero-order valence-corrected chi connectivity index (χ0v) is 16.6. The Balaban J connectivity index is 1.74. The van der Waals surface area contributed by atoms with E-state index in [1.54, 1.807) is 55.6 Å². The van der Waals surface area contributed by atoms with Gasteiger partial charge in [0.1, 0.15) is 11.9 Å². The second kappa shape index (κ2) is 8.76. The molecule has 2 unspecified atom stereocenters. The largest absolute Gasteiger partial charge is 0.497 e. The van der Waals surface area contributed by atoms with Crippen molar-refractivity contribution in [3.8, 4) is 17.6 Å². The fraction of sp³-hybridized carbons (Fsp3) is 0.333. The third kappa shape index (κ3) is 5.12. The molecule has 1 aliphatic heterocycles. The van der Waals surface area contributed by atoms with Crippen molar-refractivity contribution in [2.45, 2.75) is 24.0 Å². The number of benzene rings is 2. The molecule has 0 bridgehead atoms. The number of aliphatic hydroxyl groups is 1. The predicted octanol–water partition coefficient (Wildman–Crippen LogP) is 2.13. The van der Waals surface area contributed by atoms with E-state index >= 15 is 0 Å². The van der Waals surface area contributed by atoms with Gasteiger partial charge in [0.2, 0.25) is 10.0 Å². The lowest BCUT2D eigenvalue weighted by atomic mass is 10.1. The molecular weight excluding hydrogens is 378 g/mol. The van der Waals surface area contributed by atoms with Crippen LogP contribution in [-0.4, -0.2) is 50.7 Å². The van der Waals surface area contributed by atoms with Crippen LogP contribution in [0.15, 0.2) is 53.4 Å². The molecule has 28 heavy (non-hydrogen) atoms. The third-order valence-electron chi connectivity index (χ3n) is 4.39. The van der Waals surface area contributed by atoms with Gasteiger partial charge in [0, 0.05) is 6.54 Å². The Kier molecular flexibility index (Phi) is 6.37. The van der Waals surface area contributed by atoms with Gasteiger partial charge >= 0.3 is 0 Å². The van der Waals surface area contributed by atoms with Gasteiger partial charge in [-0.2, -0.15) is 4.31 Å². The molecule has 2 aromatic rings. The second-order valence-electron chi connectivity index (χ2n) is 6.56. The maximum atomic E-state index is 12.9. The minimum absolute atomic E-state index is 0.0245. The normalized spacial score (nSPS) is 16.9. The Morgan fingerprint density at radius 2 is 1.86 bits per heavy atom. The molecule has 0 saturated carbocycles. The quantitative estimate of drug-likeness (QED) is 0.568. The lowest BCUT2D eigenvalue weighted by molar-refractivity contribution is 0.238. The van der Waals surface area contributed by atoms with Crippen molar-refractivity contribution in [3.63, 3.8) is 0 Å². The Morgan fingerprint density at radius 1 is 1.21 bits per heavy atom. The van der Waals surface area contributed by atoms with Crippen molar-refractivity contribution >= 4 is 10.0 Å². The molecule has 1 fully saturated rings. The average Bonchev–Trinajstić information content (AvgIpc) is 3.51. The van der Waals surface area contributed by atoms with Crippen LogP contribution in [0.1, 0.15) is 17.2 Å². The highest BCUT2D eigenvalue weighted by molar-refractivity contribution is 7.89. The maximum Gasteiger partial charge on any atom is 0.244 e. The number of hydrogen-bond acceptors (Lipinski definition) is 5. The summed E-state index contributed by atoms with van der Waals surface area (Å²) < 4.78 is 37.5. The number of sulfonamides is 1. The molecule has 2 aromatic carbocycles. The number of ether oxygens (including phenoxy) is 2. The molecular formula is C21H23NO5S. The summed E-state index contributed by atoms with van der Waals surface area (Å²) in [6.07, 6.45) is -1.11. The first kappa shape index (κ1) is 20.4. The van der Waals surface area contributed by atoms with Crippen molar-refractivity contribution in [1.82, 2.24) is 4.31 Å². The molecule has 1 aliphatic rings.